The summed E-state index contributed by atoms with van der Waals surface area (Å²) < 4.78 is 0. The molecule has 0 radical (unpaired) electrons. The number of benzene rings is 2. The maximum absolute atomic E-state index is 12.0. The van der Waals surface area contributed by atoms with Gasteiger partial charge < -0.3 is 22.1 Å². The molecule has 0 aliphatic heterocycles. The fourth-order valence-electron chi connectivity index (χ4n) is 2.45. The molecule has 0 fully saturated rings. The van der Waals surface area contributed by atoms with Gasteiger partial charge in [-0.25, -0.2) is 4.99 Å². The zero-order chi connectivity index (χ0) is 19.9. The Labute approximate surface area is 161 Å². The molecule has 2 aromatic rings. The molecule has 0 aliphatic rings. The van der Waals surface area contributed by atoms with Crippen molar-refractivity contribution in [3.63, 3.8) is 0 Å². The molecule has 6 heteroatoms. The summed E-state index contributed by atoms with van der Waals surface area (Å²) in [6.45, 7) is 7.38. The van der Waals surface area contributed by atoms with Gasteiger partial charge in [-0.15, -0.1) is 0 Å². The number of nitrogens with zero attached hydrogens (tertiary/aromatic N) is 1. The lowest BCUT2D eigenvalue weighted by Crippen LogP contribution is -2.43. The lowest BCUT2D eigenvalue weighted by molar-refractivity contribution is -0.120. The molecule has 2 rings (SSSR count). The van der Waals surface area contributed by atoms with Crippen LogP contribution in [-0.2, 0) is 17.9 Å². The van der Waals surface area contributed by atoms with Gasteiger partial charge in [-0.3, -0.25) is 4.79 Å². The third-order valence-corrected chi connectivity index (χ3v) is 3.93. The van der Waals surface area contributed by atoms with Crippen LogP contribution in [-0.4, -0.2) is 24.0 Å². The normalized spacial score (nSPS) is 11.1. The second-order valence-electron chi connectivity index (χ2n) is 7.52. The van der Waals surface area contributed by atoms with Crippen molar-refractivity contribution in [1.82, 2.24) is 10.6 Å². The molecular weight excluding hydrogens is 338 g/mol. The molecule has 144 valence electrons. The Morgan fingerprint density at radius 1 is 1.00 bits per heavy atom. The van der Waals surface area contributed by atoms with E-state index >= 15 is 0 Å². The molecule has 0 unspecified atom stereocenters. The predicted molar refractivity (Wildman–Crippen MR) is 111 cm³/mol. The summed E-state index contributed by atoms with van der Waals surface area (Å²) in [5, 5.41) is 6.13. The number of guanidine groups is 1. The Hall–Kier alpha value is -2.86. The Kier molecular flexibility index (Phi) is 6.96. The van der Waals surface area contributed by atoms with Crippen LogP contribution in [0.25, 0.3) is 11.1 Å². The minimum absolute atomic E-state index is 0.0144. The molecule has 1 amide bonds. The van der Waals surface area contributed by atoms with Gasteiger partial charge in [0.15, 0.2) is 5.96 Å². The van der Waals surface area contributed by atoms with E-state index in [1.54, 1.807) is 0 Å². The largest absolute Gasteiger partial charge is 0.370 e. The average Bonchev–Trinajstić information content (AvgIpc) is 2.63. The van der Waals surface area contributed by atoms with Crippen LogP contribution in [0.1, 0.15) is 31.9 Å². The highest BCUT2D eigenvalue weighted by molar-refractivity contribution is 5.78. The van der Waals surface area contributed by atoms with Crippen LogP contribution in [0.3, 0.4) is 0 Å². The van der Waals surface area contributed by atoms with E-state index in [-0.39, 0.29) is 17.4 Å². The van der Waals surface area contributed by atoms with E-state index in [1.165, 1.54) is 0 Å². The van der Waals surface area contributed by atoms with Crippen LogP contribution in [0.2, 0.25) is 0 Å². The highest BCUT2D eigenvalue weighted by Gasteiger charge is 2.11. The maximum atomic E-state index is 12.0. The molecule has 0 aromatic heterocycles. The van der Waals surface area contributed by atoms with Gasteiger partial charge in [0.1, 0.15) is 0 Å². The van der Waals surface area contributed by atoms with Crippen molar-refractivity contribution in [1.29, 1.82) is 0 Å². The molecule has 2 aromatic carbocycles. The monoisotopic (exact) mass is 367 g/mol. The maximum Gasteiger partial charge on any atom is 0.234 e. The van der Waals surface area contributed by atoms with E-state index in [4.69, 9.17) is 11.5 Å². The Balaban J connectivity index is 1.96. The van der Waals surface area contributed by atoms with Crippen LogP contribution >= 0.6 is 0 Å². The van der Waals surface area contributed by atoms with Crippen LogP contribution in [0.4, 0.5) is 0 Å². The van der Waals surface area contributed by atoms with Gasteiger partial charge >= 0.3 is 0 Å². The van der Waals surface area contributed by atoms with Crippen molar-refractivity contribution in [2.75, 3.05) is 6.54 Å². The predicted octanol–water partition coefficient (Wildman–Crippen LogP) is 2.13. The first kappa shape index (κ1) is 20.5. The van der Waals surface area contributed by atoms with E-state index < -0.39 is 0 Å². The SMILES string of the molecule is CC(C)(C)NCC(=O)NCc1cccc(-c2ccc(CN=C(N)N)cc2)c1. The Morgan fingerprint density at radius 2 is 1.70 bits per heavy atom. The second kappa shape index (κ2) is 9.19. The number of nitrogens with two attached hydrogens (primary N) is 2. The third kappa shape index (κ3) is 7.50. The number of hydrogen-bond acceptors (Lipinski definition) is 3. The van der Waals surface area contributed by atoms with Crippen molar-refractivity contribution < 1.29 is 4.79 Å². The molecule has 0 aliphatic carbocycles. The molecule has 6 nitrogen and oxygen atoms in total. The van der Waals surface area contributed by atoms with Crippen molar-refractivity contribution in [3.05, 3.63) is 59.7 Å². The summed E-state index contributed by atoms with van der Waals surface area (Å²) in [5.74, 6) is 0.0749. The van der Waals surface area contributed by atoms with Gasteiger partial charge in [0, 0.05) is 12.1 Å². The molecule has 0 bridgehead atoms. The third-order valence-electron chi connectivity index (χ3n) is 3.93. The van der Waals surface area contributed by atoms with Gasteiger partial charge in [-0.2, -0.15) is 0 Å². The van der Waals surface area contributed by atoms with Gasteiger partial charge in [-0.05, 0) is 49.1 Å². The van der Waals surface area contributed by atoms with Crippen LogP contribution in [0.5, 0.6) is 0 Å². The molecular formula is C21H29N5O. The smallest absolute Gasteiger partial charge is 0.234 e. The van der Waals surface area contributed by atoms with E-state index in [0.717, 1.165) is 22.3 Å². The van der Waals surface area contributed by atoms with E-state index in [9.17, 15) is 4.79 Å². The van der Waals surface area contributed by atoms with Gasteiger partial charge in [0.25, 0.3) is 0 Å². The number of aliphatic imine (C=N–C) groups is 1. The number of carbonyl (C=O) groups excluding carboxylic acids is 1. The molecule has 0 spiro atoms. The summed E-state index contributed by atoms with van der Waals surface area (Å²) in [5.41, 5.74) is 14.9. The fraction of sp³-hybridized carbons (Fsp3) is 0.333. The number of carbonyl (C=O) groups is 1. The van der Waals surface area contributed by atoms with Crippen LogP contribution in [0, 0.1) is 0 Å². The summed E-state index contributed by atoms with van der Waals surface area (Å²) in [6.07, 6.45) is 0. The number of rotatable bonds is 7. The van der Waals surface area contributed by atoms with E-state index in [0.29, 0.717) is 19.6 Å². The van der Waals surface area contributed by atoms with Crippen molar-refractivity contribution >= 4 is 11.9 Å². The summed E-state index contributed by atoms with van der Waals surface area (Å²) in [6, 6.07) is 16.2. The van der Waals surface area contributed by atoms with Crippen molar-refractivity contribution in [2.45, 2.75) is 39.4 Å². The van der Waals surface area contributed by atoms with Gasteiger partial charge in [-0.1, -0.05) is 42.5 Å². The Bertz CT molecular complexity index is 787. The second-order valence-corrected chi connectivity index (χ2v) is 7.52. The highest BCUT2D eigenvalue weighted by Crippen LogP contribution is 2.21. The van der Waals surface area contributed by atoms with Crippen LogP contribution < -0.4 is 22.1 Å². The first-order chi connectivity index (χ1) is 12.7. The number of hydrogen-bond donors (Lipinski definition) is 4. The summed E-state index contributed by atoms with van der Waals surface area (Å²) in [7, 11) is 0. The molecule has 0 saturated carbocycles. The number of amides is 1. The first-order valence-electron chi connectivity index (χ1n) is 8.98. The van der Waals surface area contributed by atoms with E-state index in [2.05, 4.69) is 27.8 Å². The average molecular weight is 367 g/mol. The molecule has 0 saturated heterocycles. The lowest BCUT2D eigenvalue weighted by Gasteiger charge is -2.20. The van der Waals surface area contributed by atoms with Crippen molar-refractivity contribution in [3.8, 4) is 11.1 Å². The van der Waals surface area contributed by atoms with Gasteiger partial charge in [0.2, 0.25) is 5.91 Å². The highest BCUT2D eigenvalue weighted by atomic mass is 16.1. The molecule has 27 heavy (non-hydrogen) atoms. The topological polar surface area (TPSA) is 106 Å². The number of nitrogens with one attached hydrogen (secondary N) is 2. The standard InChI is InChI=1S/C21H29N5O/c1-21(2,3)26-14-19(27)24-13-16-5-4-6-18(11-16)17-9-7-15(8-10-17)12-25-20(22)23/h4-11,26H,12-14H2,1-3H3,(H,24,27)(H4,22,23,25). The minimum atomic E-state index is -0.0788. The van der Waals surface area contributed by atoms with Gasteiger partial charge in [0.05, 0.1) is 13.1 Å². The summed E-state index contributed by atoms with van der Waals surface area (Å²) >= 11 is 0. The quantitative estimate of drug-likeness (QED) is 0.444. The fourth-order valence-corrected chi connectivity index (χ4v) is 2.45. The van der Waals surface area contributed by atoms with E-state index in [1.807, 2.05) is 57.2 Å². The molecule has 0 heterocycles. The zero-order valence-electron chi connectivity index (χ0n) is 16.3. The van der Waals surface area contributed by atoms with Crippen LogP contribution in [0.15, 0.2) is 53.5 Å². The van der Waals surface area contributed by atoms with Crippen molar-refractivity contribution in [2.24, 2.45) is 16.5 Å². The summed E-state index contributed by atoms with van der Waals surface area (Å²) in [4.78, 5) is 16.0. The Morgan fingerprint density at radius 3 is 2.33 bits per heavy atom. The minimum Gasteiger partial charge on any atom is -0.370 e. The molecule has 0 atom stereocenters. The molecule has 6 N–H and O–H groups in total. The lowest BCUT2D eigenvalue weighted by atomic mass is 10.0. The first-order valence-corrected chi connectivity index (χ1v) is 8.98. The zero-order valence-corrected chi connectivity index (χ0v) is 16.3.